The third kappa shape index (κ3) is 2.73. The zero-order valence-electron chi connectivity index (χ0n) is 9.55. The summed E-state index contributed by atoms with van der Waals surface area (Å²) in [4.78, 5) is 5.12. The lowest BCUT2D eigenvalue weighted by Crippen LogP contribution is -2.23. The minimum absolute atomic E-state index is 0.516. The minimum atomic E-state index is -1.16. The molecule has 0 aliphatic heterocycles. The van der Waals surface area contributed by atoms with Gasteiger partial charge < -0.3 is 5.11 Å². The largest absolute Gasteiger partial charge is 0.372 e. The lowest BCUT2D eigenvalue weighted by Gasteiger charge is -2.19. The molecule has 0 unspecified atom stereocenters. The number of aliphatic hydroxyl groups is 1. The molecule has 0 aromatic carbocycles. The van der Waals surface area contributed by atoms with Crippen molar-refractivity contribution in [3.8, 4) is 11.8 Å². The number of thiophene rings is 1. The summed E-state index contributed by atoms with van der Waals surface area (Å²) in [5, 5.41) is 12.4. The van der Waals surface area contributed by atoms with Crippen LogP contribution in [0, 0.1) is 11.8 Å². The Morgan fingerprint density at radius 3 is 2.82 bits per heavy atom. The molecule has 17 heavy (non-hydrogen) atoms. The first-order valence-electron chi connectivity index (χ1n) is 5.45. The zero-order chi connectivity index (χ0) is 12.1. The summed E-state index contributed by atoms with van der Waals surface area (Å²) in [7, 11) is 0. The Bertz CT molecular complexity index is 524. The molecule has 2 nitrogen and oxygen atoms in total. The predicted octanol–water partition coefficient (Wildman–Crippen LogP) is 2.79. The highest BCUT2D eigenvalue weighted by molar-refractivity contribution is 7.10. The monoisotopic (exact) mass is 243 g/mol. The average molecular weight is 243 g/mol. The molecule has 2 heterocycles. The van der Waals surface area contributed by atoms with Crippen molar-refractivity contribution in [1.82, 2.24) is 4.98 Å². The maximum Gasteiger partial charge on any atom is 0.167 e. The van der Waals surface area contributed by atoms with Gasteiger partial charge in [0.25, 0.3) is 0 Å². The van der Waals surface area contributed by atoms with Crippen molar-refractivity contribution in [3.63, 3.8) is 0 Å². The molecule has 0 amide bonds. The molecule has 0 bridgehead atoms. The van der Waals surface area contributed by atoms with E-state index in [0.29, 0.717) is 12.1 Å². The molecule has 2 aromatic heterocycles. The summed E-state index contributed by atoms with van der Waals surface area (Å²) in [6.45, 7) is 1.90. The number of nitrogens with zero attached hydrogens (tertiary/aromatic N) is 1. The van der Waals surface area contributed by atoms with Crippen LogP contribution < -0.4 is 0 Å². The first-order chi connectivity index (χ1) is 8.24. The van der Waals surface area contributed by atoms with Crippen LogP contribution in [0.15, 0.2) is 41.9 Å². The summed E-state index contributed by atoms with van der Waals surface area (Å²) < 4.78 is 0. The van der Waals surface area contributed by atoms with Crippen LogP contribution in [0.1, 0.15) is 23.9 Å². The fraction of sp³-hybridized carbons (Fsp3) is 0.214. The maximum absolute atomic E-state index is 10.5. The van der Waals surface area contributed by atoms with Gasteiger partial charge in [-0.15, -0.1) is 11.3 Å². The summed E-state index contributed by atoms with van der Waals surface area (Å²) in [5.74, 6) is 5.91. The van der Waals surface area contributed by atoms with E-state index in [9.17, 15) is 5.11 Å². The highest BCUT2D eigenvalue weighted by Gasteiger charge is 2.25. The first kappa shape index (κ1) is 11.8. The fourth-order valence-electron chi connectivity index (χ4n) is 1.46. The fourth-order valence-corrected chi connectivity index (χ4v) is 2.03. The molecule has 86 valence electrons. The molecule has 2 aromatic rings. The number of rotatable bonds is 2. The van der Waals surface area contributed by atoms with Gasteiger partial charge in [0, 0.05) is 6.20 Å². The van der Waals surface area contributed by atoms with Gasteiger partial charge in [-0.2, -0.15) is 0 Å². The number of pyridine rings is 1. The smallest absolute Gasteiger partial charge is 0.167 e. The number of hydrogen-bond donors (Lipinski definition) is 1. The predicted molar refractivity (Wildman–Crippen MR) is 69.6 cm³/mol. The van der Waals surface area contributed by atoms with E-state index < -0.39 is 5.60 Å². The minimum Gasteiger partial charge on any atom is -0.372 e. The van der Waals surface area contributed by atoms with E-state index in [-0.39, 0.29) is 0 Å². The molecular weight excluding hydrogens is 230 g/mol. The molecular formula is C14H13NOS. The second-order valence-electron chi connectivity index (χ2n) is 3.66. The molecule has 2 rings (SSSR count). The molecule has 3 heteroatoms. The van der Waals surface area contributed by atoms with E-state index in [0.717, 1.165) is 4.88 Å². The van der Waals surface area contributed by atoms with Gasteiger partial charge in [-0.3, -0.25) is 4.98 Å². The van der Waals surface area contributed by atoms with E-state index in [2.05, 4.69) is 16.8 Å². The molecule has 0 fully saturated rings. The molecule has 1 N–H and O–H groups in total. The molecule has 0 saturated heterocycles. The van der Waals surface area contributed by atoms with Crippen LogP contribution in [-0.4, -0.2) is 10.1 Å². The molecule has 0 spiro atoms. The zero-order valence-corrected chi connectivity index (χ0v) is 10.4. The number of hydrogen-bond acceptors (Lipinski definition) is 3. The normalized spacial score (nSPS) is 13.5. The molecule has 0 radical (unpaired) electrons. The van der Waals surface area contributed by atoms with Crippen molar-refractivity contribution in [3.05, 3.63) is 52.5 Å². The van der Waals surface area contributed by atoms with Crippen molar-refractivity contribution in [1.29, 1.82) is 0 Å². The Hall–Kier alpha value is -1.63. The van der Waals surface area contributed by atoms with Gasteiger partial charge in [0.1, 0.15) is 0 Å². The summed E-state index contributed by atoms with van der Waals surface area (Å²) in [6.07, 6.45) is 2.19. The van der Waals surface area contributed by atoms with Crippen molar-refractivity contribution >= 4 is 11.3 Å². The van der Waals surface area contributed by atoms with Gasteiger partial charge in [0.05, 0.1) is 10.6 Å². The van der Waals surface area contributed by atoms with Crippen LogP contribution in [0.3, 0.4) is 0 Å². The Labute approximate surface area is 105 Å². The van der Waals surface area contributed by atoms with Crippen molar-refractivity contribution in [2.24, 2.45) is 0 Å². The van der Waals surface area contributed by atoms with Crippen LogP contribution in [0.4, 0.5) is 0 Å². The van der Waals surface area contributed by atoms with E-state index in [1.807, 2.05) is 36.6 Å². The van der Waals surface area contributed by atoms with Crippen molar-refractivity contribution in [2.75, 3.05) is 0 Å². The van der Waals surface area contributed by atoms with E-state index in [1.165, 1.54) is 0 Å². The third-order valence-electron chi connectivity index (χ3n) is 2.51. The summed E-state index contributed by atoms with van der Waals surface area (Å²) in [5.41, 5.74) is -0.558. The Kier molecular flexibility index (Phi) is 3.58. The van der Waals surface area contributed by atoms with Crippen LogP contribution in [-0.2, 0) is 5.60 Å². The van der Waals surface area contributed by atoms with Gasteiger partial charge >= 0.3 is 0 Å². The lowest BCUT2D eigenvalue weighted by molar-refractivity contribution is 0.0913. The molecule has 0 aliphatic rings. The van der Waals surface area contributed by atoms with Crippen LogP contribution in [0.2, 0.25) is 0 Å². The van der Waals surface area contributed by atoms with Crippen molar-refractivity contribution in [2.45, 2.75) is 18.9 Å². The molecule has 0 aliphatic carbocycles. The second-order valence-corrected chi connectivity index (χ2v) is 4.60. The van der Waals surface area contributed by atoms with Crippen LogP contribution in [0.25, 0.3) is 0 Å². The average Bonchev–Trinajstić information content (AvgIpc) is 2.90. The van der Waals surface area contributed by atoms with Crippen LogP contribution in [0.5, 0.6) is 0 Å². The third-order valence-corrected chi connectivity index (χ3v) is 3.30. The number of aromatic nitrogens is 1. The topological polar surface area (TPSA) is 33.1 Å². The standard InChI is InChI=1S/C14H13NOS/c1-2-14(16,13-7-3-4-10-15-13)9-8-12-6-5-11-17-12/h3-7,10-11,16H,2H2,1H3/t14-/m0/s1. The highest BCUT2D eigenvalue weighted by atomic mass is 32.1. The van der Waals surface area contributed by atoms with Crippen LogP contribution >= 0.6 is 11.3 Å². The maximum atomic E-state index is 10.5. The van der Waals surface area contributed by atoms with Gasteiger partial charge in [-0.25, -0.2) is 0 Å². The summed E-state index contributed by atoms with van der Waals surface area (Å²) >= 11 is 1.56. The Morgan fingerprint density at radius 2 is 2.24 bits per heavy atom. The second kappa shape index (κ2) is 5.13. The molecule has 1 atom stereocenters. The highest BCUT2D eigenvalue weighted by Crippen LogP contribution is 2.22. The summed E-state index contributed by atoms with van der Waals surface area (Å²) in [6, 6.07) is 9.36. The first-order valence-corrected chi connectivity index (χ1v) is 6.33. The Balaban J connectivity index is 2.32. The van der Waals surface area contributed by atoms with E-state index >= 15 is 0 Å². The quantitative estimate of drug-likeness (QED) is 0.823. The van der Waals surface area contributed by atoms with Crippen molar-refractivity contribution < 1.29 is 5.11 Å². The van der Waals surface area contributed by atoms with Gasteiger partial charge in [0.2, 0.25) is 0 Å². The Morgan fingerprint density at radius 1 is 1.35 bits per heavy atom. The van der Waals surface area contributed by atoms with E-state index in [1.54, 1.807) is 23.6 Å². The van der Waals surface area contributed by atoms with Gasteiger partial charge in [-0.1, -0.05) is 30.9 Å². The molecule has 0 saturated carbocycles. The SMILES string of the molecule is CC[C@](O)(C#Cc1cccs1)c1ccccn1. The van der Waals surface area contributed by atoms with Gasteiger partial charge in [0.15, 0.2) is 5.60 Å². The lowest BCUT2D eigenvalue weighted by atomic mass is 9.96. The van der Waals surface area contributed by atoms with E-state index in [4.69, 9.17) is 0 Å². The van der Waals surface area contributed by atoms with Gasteiger partial charge in [-0.05, 0) is 30.0 Å².